The maximum Gasteiger partial charge on any atom is 0.228 e. The number of amides is 1. The van der Waals surface area contributed by atoms with Crippen LogP contribution in [0.25, 0.3) is 50.4 Å². The molecule has 2 aromatic carbocycles. The van der Waals surface area contributed by atoms with Crippen molar-refractivity contribution in [3.8, 4) is 28.3 Å². The lowest BCUT2D eigenvalue weighted by molar-refractivity contribution is -0.115. The molecule has 5 heterocycles. The smallest absolute Gasteiger partial charge is 0.228 e. The zero-order valence-electron chi connectivity index (χ0n) is 23.3. The molecule has 0 spiro atoms. The number of carbonyl (C=O) groups is 1. The van der Waals surface area contributed by atoms with Crippen LogP contribution in [0.2, 0.25) is 0 Å². The number of aryl methyl sites for hydroxylation is 1. The van der Waals surface area contributed by atoms with Gasteiger partial charge < -0.3 is 11.1 Å². The molecule has 0 unspecified atom stereocenters. The van der Waals surface area contributed by atoms with Gasteiger partial charge in [-0.2, -0.15) is 0 Å². The van der Waals surface area contributed by atoms with Gasteiger partial charge in [0.1, 0.15) is 11.3 Å². The van der Waals surface area contributed by atoms with Gasteiger partial charge in [0, 0.05) is 46.6 Å². The van der Waals surface area contributed by atoms with Crippen molar-refractivity contribution in [2.75, 3.05) is 11.1 Å². The van der Waals surface area contributed by atoms with Crippen molar-refractivity contribution < 1.29 is 4.79 Å². The minimum Gasteiger partial charge on any atom is -0.383 e. The Labute approximate surface area is 247 Å². The summed E-state index contributed by atoms with van der Waals surface area (Å²) >= 11 is 0. The minimum atomic E-state index is -0.105. The molecule has 3 N–H and O–H groups in total. The summed E-state index contributed by atoms with van der Waals surface area (Å²) in [6.07, 6.45) is 5.39. The van der Waals surface area contributed by atoms with Crippen molar-refractivity contribution >= 4 is 39.5 Å². The maximum atomic E-state index is 12.9. The van der Waals surface area contributed by atoms with E-state index < -0.39 is 0 Å². The summed E-state index contributed by atoms with van der Waals surface area (Å²) in [5.41, 5.74) is 14.3. The number of fused-ring (bicyclic) bond motifs is 2. The third-order valence-corrected chi connectivity index (χ3v) is 7.21. The number of pyridine rings is 4. The van der Waals surface area contributed by atoms with Crippen molar-refractivity contribution in [2.45, 2.75) is 13.3 Å². The molecule has 7 rings (SSSR count). The highest BCUT2D eigenvalue weighted by Gasteiger charge is 2.19. The Hall–Kier alpha value is -5.96. The van der Waals surface area contributed by atoms with E-state index in [1.165, 1.54) is 0 Å². The van der Waals surface area contributed by atoms with Gasteiger partial charge in [-0.3, -0.25) is 19.3 Å². The number of hydrogen-bond donors (Lipinski definition) is 2. The first-order valence-electron chi connectivity index (χ1n) is 13.8. The van der Waals surface area contributed by atoms with Crippen molar-refractivity contribution in [1.82, 2.24) is 29.5 Å². The van der Waals surface area contributed by atoms with Crippen LogP contribution in [-0.2, 0) is 11.2 Å². The summed E-state index contributed by atoms with van der Waals surface area (Å²) in [5.74, 6) is 0.897. The quantitative estimate of drug-likeness (QED) is 0.249. The van der Waals surface area contributed by atoms with Crippen LogP contribution in [0.4, 0.5) is 11.5 Å². The molecule has 43 heavy (non-hydrogen) atoms. The number of nitrogens with one attached hydrogen (secondary N) is 1. The fraction of sp³-hybridized carbons (Fsp3) is 0.0588. The fourth-order valence-electron chi connectivity index (χ4n) is 5.12. The Morgan fingerprint density at radius 2 is 1.70 bits per heavy atom. The lowest BCUT2D eigenvalue weighted by atomic mass is 10.1. The van der Waals surface area contributed by atoms with Gasteiger partial charge in [0.25, 0.3) is 0 Å². The number of nitrogen functional groups attached to an aromatic ring is 1. The summed E-state index contributed by atoms with van der Waals surface area (Å²) in [7, 11) is 0. The molecular weight excluding hydrogens is 536 g/mol. The van der Waals surface area contributed by atoms with E-state index in [0.29, 0.717) is 22.9 Å². The Kier molecular flexibility index (Phi) is 6.52. The predicted octanol–water partition coefficient (Wildman–Crippen LogP) is 6.16. The molecule has 1 amide bonds. The van der Waals surface area contributed by atoms with Gasteiger partial charge in [-0.15, -0.1) is 0 Å². The molecule has 0 atom stereocenters. The van der Waals surface area contributed by atoms with Gasteiger partial charge in [-0.1, -0.05) is 18.2 Å². The standard InChI is InChI=1S/C34H26N8O/c1-21-6-9-23-19-25(10-13-28(23)38-21)39-31(43)18-22-7-11-26(12-8-22)42-33(27-5-3-17-37-32(27)35)41-30-15-14-29(40-34(30)42)24-4-2-16-36-20-24/h2-17,19-20H,18H2,1H3,(H2,35,37)(H,39,43). The molecule has 0 saturated carbocycles. The van der Waals surface area contributed by atoms with Crippen molar-refractivity contribution in [3.05, 3.63) is 121 Å². The highest BCUT2D eigenvalue weighted by molar-refractivity contribution is 5.95. The van der Waals surface area contributed by atoms with Gasteiger partial charge in [0.2, 0.25) is 5.91 Å². The second-order valence-electron chi connectivity index (χ2n) is 10.2. The molecule has 0 saturated heterocycles. The van der Waals surface area contributed by atoms with Crippen LogP contribution in [-0.4, -0.2) is 35.4 Å². The van der Waals surface area contributed by atoms with Crippen LogP contribution in [0.5, 0.6) is 0 Å². The first kappa shape index (κ1) is 26.0. The van der Waals surface area contributed by atoms with E-state index >= 15 is 0 Å². The molecule has 208 valence electrons. The van der Waals surface area contributed by atoms with Crippen molar-refractivity contribution in [2.24, 2.45) is 0 Å². The lowest BCUT2D eigenvalue weighted by Gasteiger charge is -2.12. The second-order valence-corrected chi connectivity index (χ2v) is 10.2. The van der Waals surface area contributed by atoms with E-state index in [1.54, 1.807) is 18.6 Å². The highest BCUT2D eigenvalue weighted by Crippen LogP contribution is 2.31. The van der Waals surface area contributed by atoms with Crippen LogP contribution >= 0.6 is 0 Å². The number of imidazole rings is 1. The third kappa shape index (κ3) is 5.15. The predicted molar refractivity (Wildman–Crippen MR) is 169 cm³/mol. The van der Waals surface area contributed by atoms with Gasteiger partial charge in [-0.25, -0.2) is 15.0 Å². The number of benzene rings is 2. The molecule has 0 fully saturated rings. The fourth-order valence-corrected chi connectivity index (χ4v) is 5.12. The van der Waals surface area contributed by atoms with Crippen molar-refractivity contribution in [3.63, 3.8) is 0 Å². The van der Waals surface area contributed by atoms with E-state index in [0.717, 1.165) is 50.3 Å². The zero-order chi connectivity index (χ0) is 29.3. The normalized spacial score (nSPS) is 11.2. The molecule has 9 heteroatoms. The lowest BCUT2D eigenvalue weighted by Crippen LogP contribution is -2.14. The summed E-state index contributed by atoms with van der Waals surface area (Å²) in [6.45, 7) is 1.96. The molecule has 0 bridgehead atoms. The van der Waals surface area contributed by atoms with Crippen LogP contribution in [0.15, 0.2) is 110 Å². The maximum absolute atomic E-state index is 12.9. The molecule has 0 radical (unpaired) electrons. The van der Waals surface area contributed by atoms with Gasteiger partial charge in [-0.05, 0) is 85.3 Å². The molecule has 9 nitrogen and oxygen atoms in total. The molecule has 5 aromatic heterocycles. The van der Waals surface area contributed by atoms with E-state index in [-0.39, 0.29) is 12.3 Å². The largest absolute Gasteiger partial charge is 0.383 e. The van der Waals surface area contributed by atoms with Gasteiger partial charge in [0.05, 0.1) is 23.2 Å². The topological polar surface area (TPSA) is 124 Å². The van der Waals surface area contributed by atoms with Crippen LogP contribution in [0, 0.1) is 6.92 Å². The van der Waals surface area contributed by atoms with Gasteiger partial charge >= 0.3 is 0 Å². The van der Waals surface area contributed by atoms with E-state index in [4.69, 9.17) is 15.7 Å². The van der Waals surface area contributed by atoms with Gasteiger partial charge in [0.15, 0.2) is 11.5 Å². The monoisotopic (exact) mass is 562 g/mol. The molecule has 0 aliphatic heterocycles. The molecule has 0 aliphatic rings. The average Bonchev–Trinajstić information content (AvgIpc) is 3.40. The zero-order valence-corrected chi connectivity index (χ0v) is 23.3. The third-order valence-electron chi connectivity index (χ3n) is 7.21. The molecule has 0 aliphatic carbocycles. The number of carbonyl (C=O) groups excluding carboxylic acids is 1. The summed E-state index contributed by atoms with van der Waals surface area (Å²) in [5, 5.41) is 3.98. The first-order valence-corrected chi connectivity index (χ1v) is 13.8. The number of rotatable bonds is 6. The van der Waals surface area contributed by atoms with Crippen LogP contribution in [0.1, 0.15) is 11.3 Å². The van der Waals surface area contributed by atoms with Crippen molar-refractivity contribution in [1.29, 1.82) is 0 Å². The Balaban J connectivity index is 1.21. The highest BCUT2D eigenvalue weighted by atomic mass is 16.1. The molecule has 7 aromatic rings. The number of hydrogen-bond acceptors (Lipinski definition) is 7. The van der Waals surface area contributed by atoms with Crippen LogP contribution < -0.4 is 11.1 Å². The number of nitrogens with zero attached hydrogens (tertiary/aromatic N) is 6. The Bertz CT molecular complexity index is 2120. The summed E-state index contributed by atoms with van der Waals surface area (Å²) in [4.78, 5) is 35.8. The Morgan fingerprint density at radius 1 is 0.860 bits per heavy atom. The average molecular weight is 563 g/mol. The number of anilines is 2. The Morgan fingerprint density at radius 3 is 2.51 bits per heavy atom. The van der Waals surface area contributed by atoms with E-state index in [1.807, 2.05) is 102 Å². The molecular formula is C34H26N8O. The summed E-state index contributed by atoms with van der Waals surface area (Å²) in [6, 6.07) is 29.0. The SMILES string of the molecule is Cc1ccc2cc(NC(=O)Cc3ccc(-n4c(-c5cccnc5N)nc5ccc(-c6cccnc6)nc54)cc3)ccc2n1. The van der Waals surface area contributed by atoms with Crippen LogP contribution in [0.3, 0.4) is 0 Å². The van der Waals surface area contributed by atoms with E-state index in [9.17, 15) is 4.79 Å². The summed E-state index contributed by atoms with van der Waals surface area (Å²) < 4.78 is 1.97. The minimum absolute atomic E-state index is 0.105. The van der Waals surface area contributed by atoms with E-state index in [2.05, 4.69) is 20.3 Å². The first-order chi connectivity index (χ1) is 21.0. The number of aromatic nitrogens is 6. The second kappa shape index (κ2) is 10.8. The number of nitrogens with two attached hydrogens (primary N) is 1.